The molecule has 1 fully saturated rings. The van der Waals surface area contributed by atoms with Crippen molar-refractivity contribution in [2.24, 2.45) is 0 Å². The van der Waals surface area contributed by atoms with Gasteiger partial charge in [0, 0.05) is 5.56 Å². The van der Waals surface area contributed by atoms with E-state index in [-0.39, 0.29) is 17.6 Å². The van der Waals surface area contributed by atoms with E-state index < -0.39 is 18.0 Å². The molecule has 2 atom stereocenters. The summed E-state index contributed by atoms with van der Waals surface area (Å²) >= 11 is 0. The van der Waals surface area contributed by atoms with Gasteiger partial charge in [-0.1, -0.05) is 75.1 Å². The number of hydrogen-bond donors (Lipinski definition) is 0. The number of benzene rings is 4. The van der Waals surface area contributed by atoms with Crippen molar-refractivity contribution in [3.8, 4) is 17.2 Å². The average molecular weight is 625 g/mol. The SMILES string of the molecule is CCCCCCCc1ccc(C(=O)Oc2ccc(OC(=O)c3ccc(OCC4CO4)cc3)cc2C(OOC)c2ccccc2)cc1. The van der Waals surface area contributed by atoms with Crippen molar-refractivity contribution < 1.29 is 38.3 Å². The van der Waals surface area contributed by atoms with Crippen LogP contribution in [0.4, 0.5) is 0 Å². The van der Waals surface area contributed by atoms with Crippen molar-refractivity contribution in [3.63, 3.8) is 0 Å². The number of rotatable bonds is 17. The molecule has 2 unspecified atom stereocenters. The van der Waals surface area contributed by atoms with E-state index in [1.54, 1.807) is 54.6 Å². The molecule has 8 nitrogen and oxygen atoms in total. The van der Waals surface area contributed by atoms with Crippen molar-refractivity contribution in [1.82, 2.24) is 0 Å². The first kappa shape index (κ1) is 32.9. The first-order valence-corrected chi connectivity index (χ1v) is 15.8. The van der Waals surface area contributed by atoms with Crippen LogP contribution in [0.15, 0.2) is 97.1 Å². The minimum atomic E-state index is -0.783. The highest BCUT2D eigenvalue weighted by molar-refractivity contribution is 5.92. The monoisotopic (exact) mass is 624 g/mol. The van der Waals surface area contributed by atoms with Crippen LogP contribution in [0.25, 0.3) is 0 Å². The fourth-order valence-corrected chi connectivity index (χ4v) is 5.00. The Morgan fingerprint density at radius 2 is 1.43 bits per heavy atom. The summed E-state index contributed by atoms with van der Waals surface area (Å²) in [6.07, 6.45) is 6.39. The van der Waals surface area contributed by atoms with Gasteiger partial charge in [-0.3, -0.25) is 0 Å². The van der Waals surface area contributed by atoms with Gasteiger partial charge in [-0.2, -0.15) is 0 Å². The number of epoxide rings is 1. The summed E-state index contributed by atoms with van der Waals surface area (Å²) in [6.45, 7) is 3.39. The number of hydrogen-bond acceptors (Lipinski definition) is 8. The normalized spacial score (nSPS) is 14.3. The number of esters is 2. The smallest absolute Gasteiger partial charge is 0.343 e. The van der Waals surface area contributed by atoms with Crippen LogP contribution >= 0.6 is 0 Å². The highest BCUT2D eigenvalue weighted by atomic mass is 17.2. The fraction of sp³-hybridized carbons (Fsp3) is 0.316. The first-order chi connectivity index (χ1) is 22.5. The summed E-state index contributed by atoms with van der Waals surface area (Å²) in [7, 11) is 1.40. The molecule has 5 rings (SSSR count). The lowest BCUT2D eigenvalue weighted by atomic mass is 10.00. The van der Waals surface area contributed by atoms with Crippen LogP contribution in [-0.4, -0.2) is 38.4 Å². The molecule has 4 aromatic rings. The molecule has 0 aliphatic carbocycles. The molecule has 0 amide bonds. The van der Waals surface area contributed by atoms with Gasteiger partial charge in [-0.25, -0.2) is 19.4 Å². The zero-order valence-electron chi connectivity index (χ0n) is 26.3. The molecule has 0 bridgehead atoms. The maximum absolute atomic E-state index is 13.3. The summed E-state index contributed by atoms with van der Waals surface area (Å²) in [5, 5.41) is 0. The molecule has 1 saturated heterocycles. The van der Waals surface area contributed by atoms with Crippen LogP contribution in [-0.2, 0) is 20.9 Å². The van der Waals surface area contributed by atoms with Gasteiger partial charge in [0.1, 0.15) is 36.1 Å². The van der Waals surface area contributed by atoms with Gasteiger partial charge in [0.2, 0.25) is 0 Å². The maximum atomic E-state index is 13.3. The largest absolute Gasteiger partial charge is 0.491 e. The zero-order valence-corrected chi connectivity index (χ0v) is 26.3. The highest BCUT2D eigenvalue weighted by Crippen LogP contribution is 2.36. The quantitative estimate of drug-likeness (QED) is 0.0291. The number of aryl methyl sites for hydroxylation is 1. The summed E-state index contributed by atoms with van der Waals surface area (Å²) in [5.41, 5.74) is 3.16. The Morgan fingerprint density at radius 1 is 0.783 bits per heavy atom. The van der Waals surface area contributed by atoms with Crippen molar-refractivity contribution in [2.45, 2.75) is 57.7 Å². The van der Waals surface area contributed by atoms with Crippen LogP contribution in [0, 0.1) is 0 Å². The number of carbonyl (C=O) groups excluding carboxylic acids is 2. The summed E-state index contributed by atoms with van der Waals surface area (Å²) in [4.78, 5) is 37.1. The number of unbranched alkanes of at least 4 members (excludes halogenated alkanes) is 4. The predicted octanol–water partition coefficient (Wildman–Crippen LogP) is 8.08. The van der Waals surface area contributed by atoms with Gasteiger partial charge in [0.05, 0.1) is 24.8 Å². The third kappa shape index (κ3) is 9.50. The lowest BCUT2D eigenvalue weighted by Gasteiger charge is -2.20. The van der Waals surface area contributed by atoms with Crippen molar-refractivity contribution in [2.75, 3.05) is 20.3 Å². The van der Waals surface area contributed by atoms with Gasteiger partial charge >= 0.3 is 11.9 Å². The Labute approximate surface area is 270 Å². The zero-order chi connectivity index (χ0) is 32.1. The van der Waals surface area contributed by atoms with E-state index in [0.29, 0.717) is 35.7 Å². The van der Waals surface area contributed by atoms with Crippen molar-refractivity contribution in [3.05, 3.63) is 125 Å². The standard InChI is InChI=1S/C38H40O8/c1-3-4-5-6-8-11-27-14-16-29(17-15-27)38(40)45-35-23-22-32(24-34(35)36(46-41-2)28-12-9-7-10-13-28)44-37(39)30-18-20-31(21-19-30)42-25-33-26-43-33/h7,9-10,12-24,33,36H,3-6,8,11,25-26H2,1-2H3. The minimum Gasteiger partial charge on any atom is -0.491 e. The summed E-state index contributed by atoms with van der Waals surface area (Å²) in [6, 6.07) is 28.4. The third-order valence-electron chi connectivity index (χ3n) is 7.66. The Balaban J connectivity index is 1.32. The minimum absolute atomic E-state index is 0.137. The molecular formula is C38H40O8. The molecule has 0 spiro atoms. The molecule has 1 aliphatic heterocycles. The average Bonchev–Trinajstić information content (AvgIpc) is 3.92. The lowest BCUT2D eigenvalue weighted by Crippen LogP contribution is -2.14. The molecule has 240 valence electrons. The molecule has 0 radical (unpaired) electrons. The van der Waals surface area contributed by atoms with Gasteiger partial charge in [0.15, 0.2) is 0 Å². The second-order valence-electron chi connectivity index (χ2n) is 11.2. The van der Waals surface area contributed by atoms with Crippen LogP contribution in [0.3, 0.4) is 0 Å². The number of ether oxygens (including phenoxy) is 4. The van der Waals surface area contributed by atoms with Gasteiger partial charge in [-0.05, 0) is 78.6 Å². The molecule has 4 aromatic carbocycles. The Morgan fingerprint density at radius 3 is 2.11 bits per heavy atom. The van der Waals surface area contributed by atoms with E-state index in [9.17, 15) is 9.59 Å². The molecule has 0 N–H and O–H groups in total. The molecule has 0 saturated carbocycles. The van der Waals surface area contributed by atoms with Gasteiger partial charge < -0.3 is 18.9 Å². The highest BCUT2D eigenvalue weighted by Gasteiger charge is 2.25. The van der Waals surface area contributed by atoms with Crippen molar-refractivity contribution >= 4 is 11.9 Å². The molecule has 1 heterocycles. The maximum Gasteiger partial charge on any atom is 0.343 e. The molecule has 8 heteroatoms. The molecule has 0 aromatic heterocycles. The van der Waals surface area contributed by atoms with E-state index in [4.69, 9.17) is 28.7 Å². The molecular weight excluding hydrogens is 584 g/mol. The van der Waals surface area contributed by atoms with Gasteiger partial charge in [0.25, 0.3) is 0 Å². The Hall–Kier alpha value is -4.50. The number of carbonyl (C=O) groups is 2. The van der Waals surface area contributed by atoms with E-state index in [0.717, 1.165) is 18.4 Å². The Kier molecular flexibility index (Phi) is 11.9. The van der Waals surface area contributed by atoms with E-state index in [1.807, 2.05) is 42.5 Å². The molecule has 46 heavy (non-hydrogen) atoms. The second kappa shape index (κ2) is 16.7. The van der Waals surface area contributed by atoms with Crippen LogP contribution in [0.1, 0.15) is 82.5 Å². The topological polar surface area (TPSA) is 92.8 Å². The Bertz CT molecular complexity index is 1550. The predicted molar refractivity (Wildman–Crippen MR) is 173 cm³/mol. The van der Waals surface area contributed by atoms with Crippen LogP contribution in [0.2, 0.25) is 0 Å². The third-order valence-corrected chi connectivity index (χ3v) is 7.66. The van der Waals surface area contributed by atoms with Crippen molar-refractivity contribution in [1.29, 1.82) is 0 Å². The second-order valence-corrected chi connectivity index (χ2v) is 11.2. The fourth-order valence-electron chi connectivity index (χ4n) is 5.00. The first-order valence-electron chi connectivity index (χ1n) is 15.8. The van der Waals surface area contributed by atoms with E-state index in [1.165, 1.54) is 38.4 Å². The van der Waals surface area contributed by atoms with E-state index >= 15 is 0 Å². The van der Waals surface area contributed by atoms with E-state index in [2.05, 4.69) is 6.92 Å². The van der Waals surface area contributed by atoms with Crippen LogP contribution < -0.4 is 14.2 Å². The van der Waals surface area contributed by atoms with Crippen LogP contribution in [0.5, 0.6) is 17.2 Å². The summed E-state index contributed by atoms with van der Waals surface area (Å²) in [5.74, 6) is 0.0640. The molecule has 1 aliphatic rings. The lowest BCUT2D eigenvalue weighted by molar-refractivity contribution is -0.298. The van der Waals surface area contributed by atoms with Gasteiger partial charge in [-0.15, -0.1) is 0 Å². The summed E-state index contributed by atoms with van der Waals surface area (Å²) < 4.78 is 22.5.